The van der Waals surface area contributed by atoms with Gasteiger partial charge in [0.05, 0.1) is 4.91 Å². The number of amides is 3. The molecule has 4 rings (SSSR count). The van der Waals surface area contributed by atoms with E-state index in [4.69, 9.17) is 0 Å². The summed E-state index contributed by atoms with van der Waals surface area (Å²) in [5.74, 6) is -0.890. The molecule has 1 aliphatic heterocycles. The number of fused-ring (bicyclic) bond motifs is 1. The minimum absolute atomic E-state index is 0.252. The lowest BCUT2D eigenvalue weighted by Crippen LogP contribution is -2.36. The van der Waals surface area contributed by atoms with Gasteiger partial charge < -0.3 is 10.3 Å². The molecule has 3 amide bonds. The lowest BCUT2D eigenvalue weighted by atomic mass is 9.94. The number of H-pyrrole nitrogens is 1. The van der Waals surface area contributed by atoms with Gasteiger partial charge in [-0.25, -0.2) is 4.98 Å². The van der Waals surface area contributed by atoms with Crippen molar-refractivity contribution < 1.29 is 14.4 Å². The number of thiazole rings is 1. The van der Waals surface area contributed by atoms with Crippen molar-refractivity contribution in [2.75, 3.05) is 11.9 Å². The molecule has 1 aliphatic carbocycles. The zero-order valence-corrected chi connectivity index (χ0v) is 15.9. The van der Waals surface area contributed by atoms with Crippen molar-refractivity contribution in [1.82, 2.24) is 14.9 Å². The van der Waals surface area contributed by atoms with Crippen molar-refractivity contribution in [3.63, 3.8) is 0 Å². The predicted molar refractivity (Wildman–Crippen MR) is 104 cm³/mol. The third-order valence-corrected chi connectivity index (χ3v) is 6.42. The number of rotatable bonds is 3. The summed E-state index contributed by atoms with van der Waals surface area (Å²) in [7, 11) is 0. The number of anilines is 1. The minimum atomic E-state index is -0.506. The van der Waals surface area contributed by atoms with Crippen molar-refractivity contribution in [3.05, 3.63) is 33.0 Å². The van der Waals surface area contributed by atoms with Crippen LogP contribution in [-0.2, 0) is 9.59 Å². The quantitative estimate of drug-likeness (QED) is 0.761. The number of nitrogens with zero attached hydrogens (tertiary/aromatic N) is 2. The Labute approximate surface area is 162 Å². The highest BCUT2D eigenvalue weighted by atomic mass is 32.2. The Morgan fingerprint density at radius 1 is 1.19 bits per heavy atom. The number of aromatic amines is 1. The number of hydrogen-bond acceptors (Lipinski definition) is 7. The van der Waals surface area contributed by atoms with E-state index in [1.807, 2.05) is 0 Å². The minimum Gasteiger partial charge on any atom is -0.312 e. The van der Waals surface area contributed by atoms with Crippen LogP contribution < -0.4 is 10.9 Å². The Morgan fingerprint density at radius 2 is 1.96 bits per heavy atom. The number of nitrogens with one attached hydrogen (secondary N) is 2. The lowest BCUT2D eigenvalue weighted by Gasteiger charge is -2.15. The van der Waals surface area contributed by atoms with Crippen LogP contribution in [0.3, 0.4) is 0 Å². The van der Waals surface area contributed by atoms with E-state index in [2.05, 4.69) is 15.3 Å². The fourth-order valence-electron chi connectivity index (χ4n) is 3.16. The second-order valence-electron chi connectivity index (χ2n) is 6.36. The van der Waals surface area contributed by atoms with Crippen LogP contribution in [0.2, 0.25) is 0 Å². The van der Waals surface area contributed by atoms with Crippen molar-refractivity contribution in [2.45, 2.75) is 32.1 Å². The molecule has 3 heterocycles. The number of aromatic nitrogens is 2. The largest absolute Gasteiger partial charge is 0.312 e. The van der Waals surface area contributed by atoms with E-state index < -0.39 is 11.1 Å². The summed E-state index contributed by atoms with van der Waals surface area (Å²) in [6.45, 7) is -0.353. The van der Waals surface area contributed by atoms with Crippen molar-refractivity contribution in [3.8, 4) is 0 Å². The maximum Gasteiger partial charge on any atom is 0.294 e. The van der Waals surface area contributed by atoms with Crippen LogP contribution in [0, 0.1) is 0 Å². The first-order chi connectivity index (χ1) is 13.0. The SMILES string of the molecule is O=C(CN1C(=O)SC(=C2CCCCC2)C1=O)Nc1nc2ccc(=O)[nH]c2s1. The maximum atomic E-state index is 12.6. The van der Waals surface area contributed by atoms with Crippen LogP contribution in [-0.4, -0.2) is 38.5 Å². The fourth-order valence-corrected chi connectivity index (χ4v) is 5.01. The van der Waals surface area contributed by atoms with Crippen LogP contribution in [0.15, 0.2) is 27.4 Å². The fraction of sp³-hybridized carbons (Fsp3) is 0.353. The third kappa shape index (κ3) is 3.67. The van der Waals surface area contributed by atoms with Gasteiger partial charge in [0.15, 0.2) is 5.13 Å². The molecule has 0 radical (unpaired) electrons. The highest BCUT2D eigenvalue weighted by Gasteiger charge is 2.38. The Bertz CT molecular complexity index is 1030. The molecule has 2 N–H and O–H groups in total. The monoisotopic (exact) mass is 404 g/mol. The smallest absolute Gasteiger partial charge is 0.294 e. The molecule has 0 aromatic carbocycles. The summed E-state index contributed by atoms with van der Waals surface area (Å²) < 4.78 is 0. The van der Waals surface area contributed by atoms with Gasteiger partial charge in [-0.1, -0.05) is 23.3 Å². The molecule has 2 aromatic rings. The predicted octanol–water partition coefficient (Wildman–Crippen LogP) is 2.84. The van der Waals surface area contributed by atoms with Crippen LogP contribution in [0.5, 0.6) is 0 Å². The van der Waals surface area contributed by atoms with E-state index in [1.165, 1.54) is 6.07 Å². The maximum absolute atomic E-state index is 12.6. The molecule has 2 aromatic heterocycles. The number of hydrogen-bond donors (Lipinski definition) is 2. The molecule has 27 heavy (non-hydrogen) atoms. The Hall–Kier alpha value is -2.46. The van der Waals surface area contributed by atoms with Crippen LogP contribution in [0.4, 0.5) is 9.93 Å². The van der Waals surface area contributed by atoms with E-state index in [0.717, 1.165) is 65.7 Å². The Kier molecular flexibility index (Phi) is 4.83. The average Bonchev–Trinajstić information content (AvgIpc) is 3.17. The first kappa shape index (κ1) is 17.9. The summed E-state index contributed by atoms with van der Waals surface area (Å²) in [5.41, 5.74) is 1.34. The van der Waals surface area contributed by atoms with Gasteiger partial charge in [-0.2, -0.15) is 0 Å². The molecule has 1 saturated heterocycles. The molecule has 0 unspecified atom stereocenters. The number of carbonyl (C=O) groups excluding carboxylic acids is 3. The van der Waals surface area contributed by atoms with Crippen molar-refractivity contribution in [1.29, 1.82) is 0 Å². The van der Waals surface area contributed by atoms with Gasteiger partial charge in [0.25, 0.3) is 11.1 Å². The first-order valence-electron chi connectivity index (χ1n) is 8.56. The normalized spacial score (nSPS) is 17.9. The van der Waals surface area contributed by atoms with Gasteiger partial charge in [0.2, 0.25) is 11.5 Å². The number of carbonyl (C=O) groups is 3. The van der Waals surface area contributed by atoms with Gasteiger partial charge in [-0.3, -0.25) is 24.1 Å². The van der Waals surface area contributed by atoms with E-state index in [-0.39, 0.29) is 18.0 Å². The first-order valence-corrected chi connectivity index (χ1v) is 10.2. The van der Waals surface area contributed by atoms with Gasteiger partial charge >= 0.3 is 0 Å². The Balaban J connectivity index is 1.46. The molecule has 0 bridgehead atoms. The van der Waals surface area contributed by atoms with Crippen LogP contribution in [0.1, 0.15) is 32.1 Å². The van der Waals surface area contributed by atoms with Gasteiger partial charge in [-0.15, -0.1) is 0 Å². The topological polar surface area (TPSA) is 112 Å². The molecule has 2 aliphatic rings. The molecule has 0 spiro atoms. The molecule has 8 nitrogen and oxygen atoms in total. The van der Waals surface area contributed by atoms with Crippen molar-refractivity contribution in [2.24, 2.45) is 0 Å². The number of thioether (sulfide) groups is 1. The zero-order valence-electron chi connectivity index (χ0n) is 14.2. The number of pyridine rings is 1. The third-order valence-electron chi connectivity index (χ3n) is 4.46. The molecule has 10 heteroatoms. The molecular weight excluding hydrogens is 388 g/mol. The molecule has 1 saturated carbocycles. The lowest BCUT2D eigenvalue weighted by molar-refractivity contribution is -0.127. The highest BCUT2D eigenvalue weighted by molar-refractivity contribution is 8.18. The summed E-state index contributed by atoms with van der Waals surface area (Å²) in [4.78, 5) is 57.3. The zero-order chi connectivity index (χ0) is 19.0. The van der Waals surface area contributed by atoms with Crippen molar-refractivity contribution >= 4 is 55.6 Å². The number of imide groups is 1. The van der Waals surface area contributed by atoms with E-state index in [0.29, 0.717) is 20.4 Å². The Morgan fingerprint density at radius 3 is 2.74 bits per heavy atom. The van der Waals surface area contributed by atoms with Gasteiger partial charge in [0.1, 0.15) is 16.9 Å². The average molecular weight is 404 g/mol. The van der Waals surface area contributed by atoms with Crippen LogP contribution in [0.25, 0.3) is 10.3 Å². The highest BCUT2D eigenvalue weighted by Crippen LogP contribution is 2.38. The number of allylic oxidation sites excluding steroid dienone is 1. The van der Waals surface area contributed by atoms with E-state index in [1.54, 1.807) is 6.07 Å². The molecular formula is C17H16N4O4S2. The van der Waals surface area contributed by atoms with Gasteiger partial charge in [0, 0.05) is 6.07 Å². The van der Waals surface area contributed by atoms with E-state index in [9.17, 15) is 19.2 Å². The summed E-state index contributed by atoms with van der Waals surface area (Å²) in [6.07, 6.45) is 4.88. The molecule has 140 valence electrons. The summed E-state index contributed by atoms with van der Waals surface area (Å²) in [5, 5.41) is 2.47. The summed E-state index contributed by atoms with van der Waals surface area (Å²) in [6, 6.07) is 2.92. The molecule has 0 atom stereocenters. The second kappa shape index (κ2) is 7.28. The second-order valence-corrected chi connectivity index (χ2v) is 8.32. The standard InChI is InChI=1S/C17H16N4O4S2/c22-11-7-6-10-14(19-11)27-16(18-10)20-12(23)8-21-15(24)13(26-17(21)25)9-4-2-1-3-5-9/h6-7H,1-5,8H2,(H,19,22)(H,18,20,23). The summed E-state index contributed by atoms with van der Waals surface area (Å²) >= 11 is 2.05. The van der Waals surface area contributed by atoms with Crippen LogP contribution >= 0.6 is 23.1 Å². The van der Waals surface area contributed by atoms with E-state index >= 15 is 0 Å². The van der Waals surface area contributed by atoms with Gasteiger partial charge in [-0.05, 0) is 43.5 Å². The molecule has 2 fully saturated rings.